The zero-order valence-electron chi connectivity index (χ0n) is 15.4. The Morgan fingerprint density at radius 1 is 0.966 bits per heavy atom. The van der Waals surface area contributed by atoms with Crippen LogP contribution in [0.1, 0.15) is 17.0 Å². The molecular formula is C23H15Cl2IN2O. The normalized spacial score (nSPS) is 11.4. The molecule has 144 valence electrons. The number of aryl methyl sites for hydroxylation is 1. The Labute approximate surface area is 191 Å². The van der Waals surface area contributed by atoms with Gasteiger partial charge in [-0.1, -0.05) is 59.1 Å². The quantitative estimate of drug-likeness (QED) is 0.273. The minimum atomic E-state index is -0.179. The second-order valence-electron chi connectivity index (χ2n) is 6.61. The minimum Gasteiger partial charge on any atom is -0.268 e. The number of rotatable bonds is 3. The van der Waals surface area contributed by atoms with Gasteiger partial charge < -0.3 is 0 Å². The smallest absolute Gasteiger partial charge is 0.266 e. The molecule has 1 aromatic heterocycles. The Hall–Kier alpha value is -2.15. The molecule has 4 rings (SSSR count). The predicted octanol–water partition coefficient (Wildman–Crippen LogP) is 6.78. The fourth-order valence-electron chi connectivity index (χ4n) is 3.03. The van der Waals surface area contributed by atoms with Gasteiger partial charge >= 0.3 is 0 Å². The van der Waals surface area contributed by atoms with E-state index >= 15 is 0 Å². The Morgan fingerprint density at radius 3 is 2.45 bits per heavy atom. The summed E-state index contributed by atoms with van der Waals surface area (Å²) in [5, 5.41) is 1.43. The van der Waals surface area contributed by atoms with Crippen LogP contribution in [0.2, 0.25) is 10.0 Å². The van der Waals surface area contributed by atoms with E-state index in [4.69, 9.17) is 28.2 Å². The number of hydrogen-bond acceptors (Lipinski definition) is 2. The van der Waals surface area contributed by atoms with Crippen molar-refractivity contribution in [3.63, 3.8) is 0 Å². The van der Waals surface area contributed by atoms with Gasteiger partial charge in [-0.3, -0.25) is 9.36 Å². The molecule has 29 heavy (non-hydrogen) atoms. The van der Waals surface area contributed by atoms with E-state index in [-0.39, 0.29) is 5.56 Å². The first-order valence-electron chi connectivity index (χ1n) is 8.85. The second-order valence-corrected chi connectivity index (χ2v) is 8.70. The molecule has 0 bridgehead atoms. The van der Waals surface area contributed by atoms with Crippen molar-refractivity contribution >= 4 is 68.8 Å². The fraction of sp³-hybridized carbons (Fsp3) is 0.0435. The molecule has 0 spiro atoms. The molecule has 6 heteroatoms. The van der Waals surface area contributed by atoms with Crippen molar-refractivity contribution < 1.29 is 0 Å². The molecular weight excluding hydrogens is 518 g/mol. The van der Waals surface area contributed by atoms with Gasteiger partial charge in [0, 0.05) is 8.59 Å². The highest BCUT2D eigenvalue weighted by Crippen LogP contribution is 2.26. The van der Waals surface area contributed by atoms with Crippen molar-refractivity contribution in [2.45, 2.75) is 6.92 Å². The van der Waals surface area contributed by atoms with Crippen LogP contribution in [-0.4, -0.2) is 9.55 Å². The summed E-state index contributed by atoms with van der Waals surface area (Å²) < 4.78 is 2.49. The molecule has 0 radical (unpaired) electrons. The minimum absolute atomic E-state index is 0.179. The molecule has 3 aromatic carbocycles. The van der Waals surface area contributed by atoms with Crippen LogP contribution < -0.4 is 5.56 Å². The second kappa shape index (κ2) is 8.30. The van der Waals surface area contributed by atoms with Gasteiger partial charge in [-0.15, -0.1) is 0 Å². The van der Waals surface area contributed by atoms with Crippen molar-refractivity contribution in [2.75, 3.05) is 0 Å². The van der Waals surface area contributed by atoms with Gasteiger partial charge in [0.25, 0.3) is 5.56 Å². The zero-order valence-corrected chi connectivity index (χ0v) is 19.0. The van der Waals surface area contributed by atoms with Crippen LogP contribution in [0.3, 0.4) is 0 Å². The highest BCUT2D eigenvalue weighted by Gasteiger charge is 2.14. The van der Waals surface area contributed by atoms with Gasteiger partial charge in [0.15, 0.2) is 0 Å². The lowest BCUT2D eigenvalue weighted by atomic mass is 10.1. The van der Waals surface area contributed by atoms with E-state index in [1.54, 1.807) is 18.2 Å². The lowest BCUT2D eigenvalue weighted by molar-refractivity contribution is 0.944. The molecule has 0 unspecified atom stereocenters. The van der Waals surface area contributed by atoms with Crippen LogP contribution in [-0.2, 0) is 0 Å². The van der Waals surface area contributed by atoms with E-state index in [2.05, 4.69) is 22.6 Å². The highest BCUT2D eigenvalue weighted by molar-refractivity contribution is 14.1. The van der Waals surface area contributed by atoms with Crippen LogP contribution >= 0.6 is 45.8 Å². The maximum atomic E-state index is 13.4. The zero-order chi connectivity index (χ0) is 20.5. The van der Waals surface area contributed by atoms with Crippen LogP contribution in [0, 0.1) is 10.5 Å². The molecule has 1 heterocycles. The summed E-state index contributed by atoms with van der Waals surface area (Å²) in [5.41, 5.74) is 3.20. The number of halogens is 3. The summed E-state index contributed by atoms with van der Waals surface area (Å²) in [7, 11) is 0. The maximum Gasteiger partial charge on any atom is 0.266 e. The molecule has 0 aliphatic carbocycles. The number of hydrogen-bond donors (Lipinski definition) is 0. The van der Waals surface area contributed by atoms with Crippen molar-refractivity contribution in [3.05, 3.63) is 102 Å². The molecule has 0 saturated carbocycles. The lowest BCUT2D eigenvalue weighted by Crippen LogP contribution is -2.22. The van der Waals surface area contributed by atoms with Gasteiger partial charge in [0.1, 0.15) is 5.82 Å². The number of fused-ring (bicyclic) bond motifs is 1. The van der Waals surface area contributed by atoms with E-state index in [0.717, 1.165) is 9.13 Å². The van der Waals surface area contributed by atoms with E-state index < -0.39 is 0 Å². The van der Waals surface area contributed by atoms with E-state index in [0.29, 0.717) is 32.5 Å². The van der Waals surface area contributed by atoms with Crippen LogP contribution in [0.25, 0.3) is 28.7 Å². The van der Waals surface area contributed by atoms with Crippen LogP contribution in [0.15, 0.2) is 65.5 Å². The van der Waals surface area contributed by atoms with Crippen molar-refractivity contribution in [1.82, 2.24) is 9.55 Å². The average Bonchev–Trinajstić information content (AvgIpc) is 2.69. The van der Waals surface area contributed by atoms with Gasteiger partial charge in [-0.2, -0.15) is 0 Å². The van der Waals surface area contributed by atoms with Crippen molar-refractivity contribution in [1.29, 1.82) is 0 Å². The summed E-state index contributed by atoms with van der Waals surface area (Å²) >= 11 is 14.7. The third kappa shape index (κ3) is 4.25. The first kappa shape index (κ1) is 20.1. The largest absolute Gasteiger partial charge is 0.268 e. The standard InChI is InChI=1S/C23H15Cl2IN2O/c1-14-2-4-15(5-3-14)6-11-22-27-20-9-8-17(26)13-18(20)23(29)28(22)21-10-7-16(24)12-19(21)25/h2-13H,1H3. The first-order chi connectivity index (χ1) is 13.9. The Balaban J connectivity index is 1.97. The van der Waals surface area contributed by atoms with Gasteiger partial charge in [-0.05, 0) is 77.6 Å². The molecule has 0 fully saturated rings. The summed E-state index contributed by atoms with van der Waals surface area (Å²) in [6.07, 6.45) is 3.76. The number of nitrogens with zero attached hydrogens (tertiary/aromatic N) is 2. The molecule has 0 amide bonds. The van der Waals surface area contributed by atoms with Gasteiger partial charge in [-0.25, -0.2) is 4.98 Å². The molecule has 0 aliphatic rings. The van der Waals surface area contributed by atoms with Crippen LogP contribution in [0.5, 0.6) is 0 Å². The highest BCUT2D eigenvalue weighted by atomic mass is 127. The van der Waals surface area contributed by atoms with Gasteiger partial charge in [0.05, 0.1) is 21.6 Å². The Morgan fingerprint density at radius 2 is 1.72 bits per heavy atom. The lowest BCUT2D eigenvalue weighted by Gasteiger charge is -2.13. The molecule has 3 nitrogen and oxygen atoms in total. The maximum absolute atomic E-state index is 13.4. The molecule has 0 aliphatic heterocycles. The number of aromatic nitrogens is 2. The SMILES string of the molecule is Cc1ccc(C=Cc2nc3ccc(I)cc3c(=O)n2-c2ccc(Cl)cc2Cl)cc1. The summed E-state index contributed by atoms with van der Waals surface area (Å²) in [5.74, 6) is 0.494. The summed E-state index contributed by atoms with van der Waals surface area (Å²) in [6, 6.07) is 18.8. The number of benzene rings is 3. The van der Waals surface area contributed by atoms with Crippen molar-refractivity contribution in [2.24, 2.45) is 0 Å². The Kier molecular flexibility index (Phi) is 5.76. The topological polar surface area (TPSA) is 34.9 Å². The third-order valence-electron chi connectivity index (χ3n) is 4.51. The molecule has 0 N–H and O–H groups in total. The third-order valence-corrected chi connectivity index (χ3v) is 5.72. The molecule has 0 atom stereocenters. The average molecular weight is 533 g/mol. The van der Waals surface area contributed by atoms with E-state index in [1.165, 1.54) is 10.1 Å². The molecule has 4 aromatic rings. The first-order valence-corrected chi connectivity index (χ1v) is 10.7. The van der Waals surface area contributed by atoms with E-state index in [9.17, 15) is 4.79 Å². The summed E-state index contributed by atoms with van der Waals surface area (Å²) in [6.45, 7) is 2.04. The Bertz CT molecular complexity index is 1310. The molecule has 0 saturated heterocycles. The summed E-state index contributed by atoms with van der Waals surface area (Å²) in [4.78, 5) is 18.1. The van der Waals surface area contributed by atoms with Gasteiger partial charge in [0.2, 0.25) is 0 Å². The van der Waals surface area contributed by atoms with Crippen molar-refractivity contribution in [3.8, 4) is 5.69 Å². The monoisotopic (exact) mass is 532 g/mol. The van der Waals surface area contributed by atoms with Crippen LogP contribution in [0.4, 0.5) is 0 Å². The van der Waals surface area contributed by atoms with E-state index in [1.807, 2.05) is 61.5 Å². The fourth-order valence-corrected chi connectivity index (χ4v) is 4.01. The predicted molar refractivity (Wildman–Crippen MR) is 130 cm³/mol.